The van der Waals surface area contributed by atoms with Gasteiger partial charge in [-0.1, -0.05) is 20.8 Å². The molecule has 2 rings (SSSR count). The maximum Gasteiger partial charge on any atom is 0.330 e. The summed E-state index contributed by atoms with van der Waals surface area (Å²) >= 11 is 0. The number of methoxy groups -OCH3 is 1. The molecule has 0 aliphatic carbocycles. The van der Waals surface area contributed by atoms with E-state index in [9.17, 15) is 18.0 Å². The summed E-state index contributed by atoms with van der Waals surface area (Å²) in [5.41, 5.74) is 0. The Morgan fingerprint density at radius 2 is 1.80 bits per heavy atom. The molecule has 0 aromatic carbocycles. The molecule has 2 aliphatic heterocycles. The summed E-state index contributed by atoms with van der Waals surface area (Å²) in [7, 11) is -4.63. The van der Waals surface area contributed by atoms with Crippen molar-refractivity contribution in [3.8, 4) is 0 Å². The minimum atomic E-state index is -3.72. The Morgan fingerprint density at radius 3 is 2.24 bits per heavy atom. The van der Waals surface area contributed by atoms with Gasteiger partial charge < -0.3 is 14.1 Å². The lowest BCUT2D eigenvalue weighted by Crippen LogP contribution is -2.65. The molecule has 0 aromatic rings. The van der Waals surface area contributed by atoms with Crippen LogP contribution in [0.25, 0.3) is 0 Å². The smallest absolute Gasteiger partial charge is 0.330 e. The SMILES string of the molecule is COC(=O)[C@H]1N2C(=O)[C@@H](CO[Si](C)(C)C(C)(C)C)[C@H]2S(=O)(=O)C1(C)C. The van der Waals surface area contributed by atoms with E-state index in [1.54, 1.807) is 0 Å². The van der Waals surface area contributed by atoms with Gasteiger partial charge >= 0.3 is 5.97 Å². The number of fused-ring (bicyclic) bond motifs is 1. The molecule has 7 nitrogen and oxygen atoms in total. The van der Waals surface area contributed by atoms with Crippen LogP contribution in [0.4, 0.5) is 0 Å². The summed E-state index contributed by atoms with van der Waals surface area (Å²) in [4.78, 5) is 25.9. The molecular formula is C16H29NO6SSi. The number of nitrogens with zero attached hydrogens (tertiary/aromatic N) is 1. The Labute approximate surface area is 151 Å². The summed E-state index contributed by atoms with van der Waals surface area (Å²) in [6.45, 7) is 13.4. The number of carbonyl (C=O) groups excluding carboxylic acids is 2. The van der Waals surface area contributed by atoms with Crippen molar-refractivity contribution < 1.29 is 27.2 Å². The van der Waals surface area contributed by atoms with Crippen molar-refractivity contribution in [2.24, 2.45) is 5.92 Å². The fourth-order valence-electron chi connectivity index (χ4n) is 3.17. The highest BCUT2D eigenvalue weighted by Crippen LogP contribution is 2.49. The lowest BCUT2D eigenvalue weighted by Gasteiger charge is -2.45. The molecule has 3 atom stereocenters. The van der Waals surface area contributed by atoms with Crippen LogP contribution in [0.3, 0.4) is 0 Å². The van der Waals surface area contributed by atoms with Crippen molar-refractivity contribution in [3.63, 3.8) is 0 Å². The van der Waals surface area contributed by atoms with Crippen LogP contribution in [-0.4, -0.2) is 63.4 Å². The Kier molecular flexibility index (Phi) is 4.72. The van der Waals surface area contributed by atoms with E-state index in [0.29, 0.717) is 0 Å². The van der Waals surface area contributed by atoms with Gasteiger partial charge in [0.1, 0.15) is 11.4 Å². The summed E-state index contributed by atoms with van der Waals surface area (Å²) in [5, 5.41) is -1.05. The Bertz CT molecular complexity index is 694. The number of hydrogen-bond acceptors (Lipinski definition) is 6. The number of esters is 1. The maximum absolute atomic E-state index is 12.9. The molecule has 0 spiro atoms. The number of rotatable bonds is 4. The second kappa shape index (κ2) is 5.78. The van der Waals surface area contributed by atoms with E-state index < -0.39 is 46.2 Å². The van der Waals surface area contributed by atoms with E-state index in [1.165, 1.54) is 25.9 Å². The molecule has 0 unspecified atom stereocenters. The van der Waals surface area contributed by atoms with Crippen molar-refractivity contribution in [1.29, 1.82) is 0 Å². The van der Waals surface area contributed by atoms with Crippen LogP contribution in [0.1, 0.15) is 34.6 Å². The second-order valence-corrected chi connectivity index (χ2v) is 16.3. The number of ether oxygens (including phenoxy) is 1. The van der Waals surface area contributed by atoms with Gasteiger partial charge in [0.15, 0.2) is 18.2 Å². The molecule has 1 amide bonds. The van der Waals surface area contributed by atoms with Crippen LogP contribution in [0.15, 0.2) is 0 Å². The third-order valence-corrected chi connectivity index (χ3v) is 13.4. The lowest BCUT2D eigenvalue weighted by atomic mass is 9.92. The highest BCUT2D eigenvalue weighted by atomic mass is 32.2. The molecule has 2 aliphatic rings. The van der Waals surface area contributed by atoms with Crippen molar-refractivity contribution >= 4 is 30.0 Å². The zero-order valence-electron chi connectivity index (χ0n) is 16.2. The first-order chi connectivity index (χ1) is 11.1. The lowest BCUT2D eigenvalue weighted by molar-refractivity contribution is -0.166. The normalized spacial score (nSPS) is 30.6. The van der Waals surface area contributed by atoms with E-state index >= 15 is 0 Å². The Morgan fingerprint density at radius 1 is 1.28 bits per heavy atom. The van der Waals surface area contributed by atoms with Gasteiger partial charge in [-0.15, -0.1) is 0 Å². The third-order valence-electron chi connectivity index (χ3n) is 6.03. The van der Waals surface area contributed by atoms with Crippen LogP contribution < -0.4 is 0 Å². The molecular weight excluding hydrogens is 362 g/mol. The topological polar surface area (TPSA) is 90.0 Å². The van der Waals surface area contributed by atoms with E-state index in [1.807, 2.05) is 0 Å². The average Bonchev–Trinajstić information content (AvgIpc) is 2.59. The molecule has 9 heteroatoms. The van der Waals surface area contributed by atoms with Crippen molar-refractivity contribution in [3.05, 3.63) is 0 Å². The van der Waals surface area contributed by atoms with Crippen molar-refractivity contribution in [1.82, 2.24) is 4.90 Å². The fraction of sp³-hybridized carbons (Fsp3) is 0.875. The predicted octanol–water partition coefficient (Wildman–Crippen LogP) is 1.54. The van der Waals surface area contributed by atoms with Gasteiger partial charge in [0.05, 0.1) is 17.8 Å². The summed E-state index contributed by atoms with van der Waals surface area (Å²) in [5.74, 6) is -1.81. The highest BCUT2D eigenvalue weighted by Gasteiger charge is 2.72. The number of carbonyl (C=O) groups is 2. The van der Waals surface area contributed by atoms with Gasteiger partial charge in [-0.05, 0) is 32.0 Å². The second-order valence-electron chi connectivity index (χ2n) is 8.89. The average molecular weight is 392 g/mol. The summed E-state index contributed by atoms with van der Waals surface area (Å²) in [6.07, 6.45) is 0. The van der Waals surface area contributed by atoms with Crippen LogP contribution in [0.2, 0.25) is 18.1 Å². The quantitative estimate of drug-likeness (QED) is 0.410. The molecule has 0 aromatic heterocycles. The van der Waals surface area contributed by atoms with Gasteiger partial charge in [0, 0.05) is 6.61 Å². The van der Waals surface area contributed by atoms with E-state index in [4.69, 9.17) is 9.16 Å². The molecule has 0 bridgehead atoms. The molecule has 0 saturated carbocycles. The van der Waals surface area contributed by atoms with Gasteiger partial charge in [-0.2, -0.15) is 0 Å². The summed E-state index contributed by atoms with van der Waals surface area (Å²) in [6, 6.07) is -1.11. The monoisotopic (exact) mass is 391 g/mol. The number of β-lactam (4-membered cyclic amide) rings is 1. The Balaban J connectivity index is 2.28. The number of amides is 1. The minimum Gasteiger partial charge on any atom is -0.467 e. The standard InChI is InChI=1S/C16H29NO6SSi/c1-15(2,3)25(7,8)23-9-10-12(18)17-11(14(19)22-6)16(4,5)24(20,21)13(10)17/h10-11,13H,9H2,1-8H3/t10-,11-,13-/m1/s1. The largest absolute Gasteiger partial charge is 0.467 e. The van der Waals surface area contributed by atoms with Crippen LogP contribution in [0, 0.1) is 5.92 Å². The first-order valence-corrected chi connectivity index (χ1v) is 12.8. The highest BCUT2D eigenvalue weighted by molar-refractivity contribution is 7.93. The molecule has 2 saturated heterocycles. The number of hydrogen-bond donors (Lipinski definition) is 0. The van der Waals surface area contributed by atoms with E-state index in [0.717, 1.165) is 0 Å². The fourth-order valence-corrected chi connectivity index (χ4v) is 6.49. The van der Waals surface area contributed by atoms with Crippen LogP contribution >= 0.6 is 0 Å². The zero-order chi connectivity index (χ0) is 19.6. The summed E-state index contributed by atoms with van der Waals surface area (Å²) < 4.78 is 35.3. The molecule has 2 fully saturated rings. The number of sulfone groups is 1. The van der Waals surface area contributed by atoms with Gasteiger partial charge in [0.2, 0.25) is 5.91 Å². The van der Waals surface area contributed by atoms with Gasteiger partial charge in [-0.3, -0.25) is 4.79 Å². The first kappa shape index (κ1) is 20.4. The van der Waals surface area contributed by atoms with Gasteiger partial charge in [-0.25, -0.2) is 13.2 Å². The van der Waals surface area contributed by atoms with Crippen molar-refractivity contribution in [2.45, 2.75) is 68.9 Å². The van der Waals surface area contributed by atoms with Gasteiger partial charge in [0.25, 0.3) is 0 Å². The van der Waals surface area contributed by atoms with Crippen LogP contribution in [-0.2, 0) is 28.6 Å². The van der Waals surface area contributed by atoms with Crippen molar-refractivity contribution in [2.75, 3.05) is 13.7 Å². The third kappa shape index (κ3) is 2.75. The molecule has 25 heavy (non-hydrogen) atoms. The molecule has 0 radical (unpaired) electrons. The first-order valence-electron chi connectivity index (χ1n) is 8.38. The van der Waals surface area contributed by atoms with E-state index in [-0.39, 0.29) is 17.6 Å². The predicted molar refractivity (Wildman–Crippen MR) is 96.1 cm³/mol. The minimum absolute atomic E-state index is 0.0398. The molecule has 2 heterocycles. The van der Waals surface area contributed by atoms with Crippen LogP contribution in [0.5, 0.6) is 0 Å². The Hall–Kier alpha value is -0.933. The molecule has 0 N–H and O–H groups in total. The maximum atomic E-state index is 12.9. The zero-order valence-corrected chi connectivity index (χ0v) is 18.1. The van der Waals surface area contributed by atoms with E-state index in [2.05, 4.69) is 33.9 Å². The molecule has 144 valence electrons.